The van der Waals surface area contributed by atoms with Crippen LogP contribution in [0.3, 0.4) is 0 Å². The number of alkyl halides is 1. The Bertz CT molecular complexity index is 294. The summed E-state index contributed by atoms with van der Waals surface area (Å²) in [5.74, 6) is 0.659. The first-order chi connectivity index (χ1) is 7.24. The van der Waals surface area contributed by atoms with Crippen molar-refractivity contribution in [3.8, 4) is 0 Å². The number of hydrogen-bond donors (Lipinski definition) is 0. The van der Waals surface area contributed by atoms with Crippen molar-refractivity contribution in [3.63, 3.8) is 0 Å². The first kappa shape index (κ1) is 12.5. The third-order valence-corrected chi connectivity index (χ3v) is 3.24. The fourth-order valence-corrected chi connectivity index (χ4v) is 2.36. The standard InChI is InChI=1S/C13H20ClN/c1-4-15(5-2)13(10-14)12-9-7-6-8-11(12)3/h6-9,13H,4-5,10H2,1-3H3. The van der Waals surface area contributed by atoms with Crippen LogP contribution in [-0.2, 0) is 0 Å². The number of benzene rings is 1. The molecule has 1 aromatic rings. The van der Waals surface area contributed by atoms with Crippen LogP contribution in [0.1, 0.15) is 31.0 Å². The van der Waals surface area contributed by atoms with E-state index in [9.17, 15) is 0 Å². The minimum atomic E-state index is 0.350. The molecule has 0 amide bonds. The number of halogens is 1. The van der Waals surface area contributed by atoms with Crippen LogP contribution in [0.25, 0.3) is 0 Å². The Balaban J connectivity index is 2.96. The summed E-state index contributed by atoms with van der Waals surface area (Å²) in [6.45, 7) is 8.60. The van der Waals surface area contributed by atoms with Gasteiger partial charge in [0.2, 0.25) is 0 Å². The SMILES string of the molecule is CCN(CC)C(CCl)c1ccccc1C. The lowest BCUT2D eigenvalue weighted by atomic mass is 10.0. The molecule has 0 aromatic heterocycles. The largest absolute Gasteiger partial charge is 0.296 e. The Morgan fingerprint density at radius 1 is 1.20 bits per heavy atom. The summed E-state index contributed by atoms with van der Waals surface area (Å²) in [6, 6.07) is 8.85. The van der Waals surface area contributed by atoms with E-state index in [0.29, 0.717) is 11.9 Å². The Morgan fingerprint density at radius 2 is 1.80 bits per heavy atom. The summed E-state index contributed by atoms with van der Waals surface area (Å²) >= 11 is 6.08. The average Bonchev–Trinajstić information content (AvgIpc) is 2.27. The molecule has 0 bridgehead atoms. The molecule has 0 saturated heterocycles. The van der Waals surface area contributed by atoms with Crippen LogP contribution >= 0.6 is 11.6 Å². The highest BCUT2D eigenvalue weighted by atomic mass is 35.5. The molecule has 1 nitrogen and oxygen atoms in total. The van der Waals surface area contributed by atoms with Gasteiger partial charge in [0.1, 0.15) is 0 Å². The Morgan fingerprint density at radius 3 is 2.27 bits per heavy atom. The van der Waals surface area contributed by atoms with Gasteiger partial charge >= 0.3 is 0 Å². The Hall–Kier alpha value is -0.530. The zero-order valence-corrected chi connectivity index (χ0v) is 10.6. The van der Waals surface area contributed by atoms with Crippen molar-refractivity contribution in [3.05, 3.63) is 35.4 Å². The van der Waals surface area contributed by atoms with Crippen molar-refractivity contribution in [1.82, 2.24) is 4.90 Å². The van der Waals surface area contributed by atoms with E-state index in [-0.39, 0.29) is 0 Å². The summed E-state index contributed by atoms with van der Waals surface area (Å²) in [6.07, 6.45) is 0. The van der Waals surface area contributed by atoms with E-state index in [1.54, 1.807) is 0 Å². The minimum absolute atomic E-state index is 0.350. The van der Waals surface area contributed by atoms with Crippen LogP contribution in [0.15, 0.2) is 24.3 Å². The molecule has 1 rings (SSSR count). The maximum Gasteiger partial charge on any atom is 0.0485 e. The number of rotatable bonds is 5. The van der Waals surface area contributed by atoms with Gasteiger partial charge in [-0.15, -0.1) is 11.6 Å². The van der Waals surface area contributed by atoms with Gasteiger partial charge in [0, 0.05) is 11.9 Å². The van der Waals surface area contributed by atoms with Crippen LogP contribution in [-0.4, -0.2) is 23.9 Å². The van der Waals surface area contributed by atoms with Crippen LogP contribution < -0.4 is 0 Å². The molecule has 0 aliphatic heterocycles. The molecular formula is C13H20ClN. The van der Waals surface area contributed by atoms with Crippen molar-refractivity contribution < 1.29 is 0 Å². The number of aryl methyl sites for hydroxylation is 1. The molecule has 0 heterocycles. The molecule has 0 fully saturated rings. The fraction of sp³-hybridized carbons (Fsp3) is 0.538. The lowest BCUT2D eigenvalue weighted by Crippen LogP contribution is -2.30. The van der Waals surface area contributed by atoms with Crippen LogP contribution in [0.2, 0.25) is 0 Å². The summed E-state index contributed by atoms with van der Waals surface area (Å²) in [4.78, 5) is 2.40. The molecule has 1 aromatic carbocycles. The normalized spacial score (nSPS) is 13.1. The second-order valence-electron chi connectivity index (χ2n) is 3.75. The smallest absolute Gasteiger partial charge is 0.0485 e. The molecule has 15 heavy (non-hydrogen) atoms. The van der Waals surface area contributed by atoms with Gasteiger partial charge in [-0.1, -0.05) is 38.1 Å². The van der Waals surface area contributed by atoms with Crippen LogP contribution in [0.5, 0.6) is 0 Å². The van der Waals surface area contributed by atoms with Crippen molar-refractivity contribution in [2.24, 2.45) is 0 Å². The average molecular weight is 226 g/mol. The van der Waals surface area contributed by atoms with E-state index < -0.39 is 0 Å². The van der Waals surface area contributed by atoms with Crippen molar-refractivity contribution >= 4 is 11.6 Å². The first-order valence-corrected chi connectivity index (χ1v) is 6.13. The summed E-state index contributed by atoms with van der Waals surface area (Å²) in [7, 11) is 0. The first-order valence-electron chi connectivity index (χ1n) is 5.60. The van der Waals surface area contributed by atoms with Gasteiger partial charge in [0.05, 0.1) is 0 Å². The second-order valence-corrected chi connectivity index (χ2v) is 4.06. The molecule has 1 unspecified atom stereocenters. The highest BCUT2D eigenvalue weighted by molar-refractivity contribution is 6.18. The highest BCUT2D eigenvalue weighted by Crippen LogP contribution is 2.24. The van der Waals surface area contributed by atoms with Crippen molar-refractivity contribution in [2.45, 2.75) is 26.8 Å². The molecule has 0 aliphatic carbocycles. The molecule has 0 aliphatic rings. The second kappa shape index (κ2) is 6.14. The number of nitrogens with zero attached hydrogens (tertiary/aromatic N) is 1. The van der Waals surface area contributed by atoms with E-state index in [1.165, 1.54) is 11.1 Å². The van der Waals surface area contributed by atoms with Gasteiger partial charge in [0.25, 0.3) is 0 Å². The quantitative estimate of drug-likeness (QED) is 0.692. The van der Waals surface area contributed by atoms with Gasteiger partial charge in [-0.25, -0.2) is 0 Å². The van der Waals surface area contributed by atoms with E-state index in [0.717, 1.165) is 13.1 Å². The maximum absolute atomic E-state index is 6.08. The van der Waals surface area contributed by atoms with Crippen molar-refractivity contribution in [2.75, 3.05) is 19.0 Å². The Labute approximate surface area is 98.0 Å². The third kappa shape index (κ3) is 2.96. The van der Waals surface area contributed by atoms with E-state index in [2.05, 4.69) is 49.9 Å². The van der Waals surface area contributed by atoms with Gasteiger partial charge in [-0.3, -0.25) is 4.90 Å². The van der Waals surface area contributed by atoms with Crippen molar-refractivity contribution in [1.29, 1.82) is 0 Å². The highest BCUT2D eigenvalue weighted by Gasteiger charge is 2.17. The van der Waals surface area contributed by atoms with Crippen LogP contribution in [0, 0.1) is 6.92 Å². The van der Waals surface area contributed by atoms with E-state index in [4.69, 9.17) is 11.6 Å². The monoisotopic (exact) mass is 225 g/mol. The molecule has 2 heteroatoms. The van der Waals surface area contributed by atoms with Gasteiger partial charge in [-0.05, 0) is 31.1 Å². The lowest BCUT2D eigenvalue weighted by Gasteiger charge is -2.29. The molecule has 0 radical (unpaired) electrons. The summed E-state index contributed by atoms with van der Waals surface area (Å²) in [5, 5.41) is 0. The van der Waals surface area contributed by atoms with Gasteiger partial charge < -0.3 is 0 Å². The summed E-state index contributed by atoms with van der Waals surface area (Å²) in [5.41, 5.74) is 2.69. The van der Waals surface area contributed by atoms with Gasteiger partial charge in [-0.2, -0.15) is 0 Å². The van der Waals surface area contributed by atoms with Gasteiger partial charge in [0.15, 0.2) is 0 Å². The molecule has 0 spiro atoms. The third-order valence-electron chi connectivity index (χ3n) is 2.95. The zero-order chi connectivity index (χ0) is 11.3. The maximum atomic E-state index is 6.08. The zero-order valence-electron chi connectivity index (χ0n) is 9.83. The van der Waals surface area contributed by atoms with E-state index >= 15 is 0 Å². The minimum Gasteiger partial charge on any atom is -0.296 e. The molecule has 0 saturated carbocycles. The Kier molecular flexibility index (Phi) is 5.13. The fourth-order valence-electron chi connectivity index (χ4n) is 2.00. The lowest BCUT2D eigenvalue weighted by molar-refractivity contribution is 0.236. The number of hydrogen-bond acceptors (Lipinski definition) is 1. The molecule has 0 N–H and O–H groups in total. The summed E-state index contributed by atoms with van der Waals surface area (Å²) < 4.78 is 0. The van der Waals surface area contributed by atoms with E-state index in [1.807, 2.05) is 0 Å². The topological polar surface area (TPSA) is 3.24 Å². The predicted octanol–water partition coefficient (Wildman–Crippen LogP) is 3.62. The molecular weight excluding hydrogens is 206 g/mol. The molecule has 1 atom stereocenters. The predicted molar refractivity (Wildman–Crippen MR) is 67.6 cm³/mol. The van der Waals surface area contributed by atoms with Crippen LogP contribution in [0.4, 0.5) is 0 Å². The molecule has 84 valence electrons.